The van der Waals surface area contributed by atoms with Crippen molar-refractivity contribution < 1.29 is 9.90 Å². The molecule has 0 radical (unpaired) electrons. The van der Waals surface area contributed by atoms with Crippen LogP contribution in [0.25, 0.3) is 0 Å². The van der Waals surface area contributed by atoms with Gasteiger partial charge in [-0.3, -0.25) is 0 Å². The minimum Gasteiger partial charge on any atom is -0.478 e. The normalized spacial score (nSPS) is 24.2. The van der Waals surface area contributed by atoms with E-state index in [0.717, 1.165) is 25.2 Å². The van der Waals surface area contributed by atoms with Crippen molar-refractivity contribution in [3.05, 3.63) is 28.2 Å². The number of piperidine rings is 1. The number of carboxylic acids is 1. The highest BCUT2D eigenvalue weighted by Crippen LogP contribution is 2.25. The average Bonchev–Trinajstić information content (AvgIpc) is 2.32. The van der Waals surface area contributed by atoms with Crippen molar-refractivity contribution in [1.29, 1.82) is 0 Å². The van der Waals surface area contributed by atoms with Crippen molar-refractivity contribution in [1.82, 2.24) is 4.90 Å². The summed E-state index contributed by atoms with van der Waals surface area (Å²) in [5.74, 6) is -0.331. The van der Waals surface area contributed by atoms with Crippen molar-refractivity contribution in [3.63, 3.8) is 0 Å². The van der Waals surface area contributed by atoms with E-state index in [1.54, 1.807) is 6.07 Å². The maximum absolute atomic E-state index is 11.0. The molecule has 1 fully saturated rings. The van der Waals surface area contributed by atoms with Crippen LogP contribution in [-0.4, -0.2) is 42.2 Å². The van der Waals surface area contributed by atoms with Crippen molar-refractivity contribution in [3.8, 4) is 0 Å². The van der Waals surface area contributed by atoms with Crippen molar-refractivity contribution in [2.45, 2.75) is 19.4 Å². The molecule has 1 aromatic rings. The third-order valence-electron chi connectivity index (χ3n) is 3.66. The first-order valence-corrected chi connectivity index (χ1v) is 7.24. The molecule has 0 saturated carbocycles. The zero-order valence-corrected chi connectivity index (χ0v) is 12.8. The molecule has 2 N–H and O–H groups in total. The summed E-state index contributed by atoms with van der Waals surface area (Å²) in [6.45, 7) is 4.43. The van der Waals surface area contributed by atoms with Crippen LogP contribution in [0.4, 0.5) is 5.69 Å². The summed E-state index contributed by atoms with van der Waals surface area (Å²) in [4.78, 5) is 13.3. The molecular weight excluding hydrogens is 308 g/mol. The molecule has 19 heavy (non-hydrogen) atoms. The molecule has 0 aliphatic carbocycles. The van der Waals surface area contributed by atoms with Crippen molar-refractivity contribution in [2.24, 2.45) is 5.92 Å². The first kappa shape index (κ1) is 14.3. The molecule has 1 heterocycles. The van der Waals surface area contributed by atoms with Crippen LogP contribution in [0, 0.1) is 5.92 Å². The standard InChI is InChI=1S/C14H19BrN2O2/c1-9-8-17(2)6-5-13(9)16-10-3-4-11(14(18)19)12(15)7-10/h3-4,7,9,13,16H,5-6,8H2,1-2H3,(H,18,19). The molecule has 5 heteroatoms. The van der Waals surface area contributed by atoms with E-state index in [4.69, 9.17) is 5.11 Å². The van der Waals surface area contributed by atoms with Crippen LogP contribution in [0.5, 0.6) is 0 Å². The van der Waals surface area contributed by atoms with E-state index < -0.39 is 5.97 Å². The Morgan fingerprint density at radius 1 is 1.53 bits per heavy atom. The minimum absolute atomic E-state index is 0.293. The third kappa shape index (κ3) is 3.48. The summed E-state index contributed by atoms with van der Waals surface area (Å²) in [7, 11) is 2.14. The van der Waals surface area contributed by atoms with E-state index in [2.05, 4.69) is 40.1 Å². The zero-order chi connectivity index (χ0) is 14.0. The number of halogens is 1. The number of aromatic carboxylic acids is 1. The quantitative estimate of drug-likeness (QED) is 0.896. The van der Waals surface area contributed by atoms with Gasteiger partial charge in [-0.25, -0.2) is 4.79 Å². The molecule has 104 valence electrons. The number of nitrogens with one attached hydrogen (secondary N) is 1. The summed E-state index contributed by atoms with van der Waals surface area (Å²) in [6.07, 6.45) is 1.11. The Morgan fingerprint density at radius 3 is 2.84 bits per heavy atom. The molecule has 1 aromatic carbocycles. The lowest BCUT2D eigenvalue weighted by atomic mass is 9.94. The number of anilines is 1. The predicted octanol–water partition coefficient (Wildman–Crippen LogP) is 2.90. The molecule has 2 atom stereocenters. The van der Waals surface area contributed by atoms with Gasteiger partial charge in [0, 0.05) is 22.7 Å². The molecule has 0 bridgehead atoms. The van der Waals surface area contributed by atoms with Crippen LogP contribution in [0.2, 0.25) is 0 Å². The van der Waals surface area contributed by atoms with Gasteiger partial charge in [0.2, 0.25) is 0 Å². The molecular formula is C14H19BrN2O2. The van der Waals surface area contributed by atoms with Gasteiger partial charge in [0.05, 0.1) is 5.56 Å². The Labute approximate surface area is 121 Å². The zero-order valence-electron chi connectivity index (χ0n) is 11.2. The summed E-state index contributed by atoms with van der Waals surface area (Å²) >= 11 is 3.31. The molecule has 0 spiro atoms. The summed E-state index contributed by atoms with van der Waals surface area (Å²) in [5.41, 5.74) is 1.26. The molecule has 2 rings (SSSR count). The second kappa shape index (κ2) is 5.92. The monoisotopic (exact) mass is 326 g/mol. The molecule has 1 aliphatic rings. The van der Waals surface area contributed by atoms with Gasteiger partial charge < -0.3 is 15.3 Å². The van der Waals surface area contributed by atoms with Gasteiger partial charge >= 0.3 is 5.97 Å². The number of nitrogens with zero attached hydrogens (tertiary/aromatic N) is 1. The van der Waals surface area contributed by atoms with Gasteiger partial charge in [0.1, 0.15) is 0 Å². The number of carboxylic acid groups (broad SMARTS) is 1. The molecule has 1 aliphatic heterocycles. The van der Waals surface area contributed by atoms with Gasteiger partial charge in [-0.2, -0.15) is 0 Å². The fourth-order valence-electron chi connectivity index (χ4n) is 2.56. The van der Waals surface area contributed by atoms with Gasteiger partial charge in [-0.15, -0.1) is 0 Å². The SMILES string of the molecule is CC1CN(C)CCC1Nc1ccc(C(=O)O)c(Br)c1. The number of likely N-dealkylation sites (tertiary alicyclic amines) is 1. The van der Waals surface area contributed by atoms with Crippen LogP contribution in [0.15, 0.2) is 22.7 Å². The highest BCUT2D eigenvalue weighted by Gasteiger charge is 2.24. The molecule has 1 saturated heterocycles. The Morgan fingerprint density at radius 2 is 2.26 bits per heavy atom. The lowest BCUT2D eigenvalue weighted by Crippen LogP contribution is -2.43. The second-order valence-corrected chi connectivity index (χ2v) is 6.13. The van der Waals surface area contributed by atoms with Gasteiger partial charge in [0.15, 0.2) is 0 Å². The number of carbonyl (C=O) groups is 1. The number of benzene rings is 1. The van der Waals surface area contributed by atoms with Gasteiger partial charge in [0.25, 0.3) is 0 Å². The molecule has 2 unspecified atom stereocenters. The third-order valence-corrected chi connectivity index (χ3v) is 4.32. The molecule has 0 amide bonds. The first-order chi connectivity index (χ1) is 8.97. The summed E-state index contributed by atoms with van der Waals surface area (Å²) < 4.78 is 0.616. The van der Waals surface area contributed by atoms with Crippen LogP contribution >= 0.6 is 15.9 Å². The van der Waals surface area contributed by atoms with Crippen molar-refractivity contribution in [2.75, 3.05) is 25.5 Å². The predicted molar refractivity (Wildman–Crippen MR) is 79.8 cm³/mol. The fourth-order valence-corrected chi connectivity index (χ4v) is 3.11. The lowest BCUT2D eigenvalue weighted by molar-refractivity contribution is 0.0696. The maximum atomic E-state index is 11.0. The van der Waals surface area contributed by atoms with E-state index in [1.165, 1.54) is 0 Å². The van der Waals surface area contributed by atoms with Gasteiger partial charge in [-0.1, -0.05) is 6.92 Å². The van der Waals surface area contributed by atoms with E-state index >= 15 is 0 Å². The molecule has 0 aromatic heterocycles. The second-order valence-electron chi connectivity index (χ2n) is 5.28. The lowest BCUT2D eigenvalue weighted by Gasteiger charge is -2.35. The Kier molecular flexibility index (Phi) is 4.47. The van der Waals surface area contributed by atoms with E-state index in [-0.39, 0.29) is 0 Å². The van der Waals surface area contributed by atoms with Crippen LogP contribution in [-0.2, 0) is 0 Å². The fraction of sp³-hybridized carbons (Fsp3) is 0.500. The molecule has 4 nitrogen and oxygen atoms in total. The van der Waals surface area contributed by atoms with Crippen LogP contribution < -0.4 is 5.32 Å². The topological polar surface area (TPSA) is 52.6 Å². The highest BCUT2D eigenvalue weighted by molar-refractivity contribution is 9.10. The van der Waals surface area contributed by atoms with E-state index in [0.29, 0.717) is 22.0 Å². The van der Waals surface area contributed by atoms with E-state index in [9.17, 15) is 4.79 Å². The smallest absolute Gasteiger partial charge is 0.336 e. The first-order valence-electron chi connectivity index (χ1n) is 6.45. The van der Waals surface area contributed by atoms with Crippen LogP contribution in [0.1, 0.15) is 23.7 Å². The largest absolute Gasteiger partial charge is 0.478 e. The Balaban J connectivity index is 2.07. The van der Waals surface area contributed by atoms with Crippen molar-refractivity contribution >= 4 is 27.6 Å². The highest BCUT2D eigenvalue weighted by atomic mass is 79.9. The number of hydrogen-bond acceptors (Lipinski definition) is 3. The average molecular weight is 327 g/mol. The Bertz CT molecular complexity index is 479. The minimum atomic E-state index is -0.911. The maximum Gasteiger partial charge on any atom is 0.336 e. The Hall–Kier alpha value is -1.07. The van der Waals surface area contributed by atoms with Crippen LogP contribution in [0.3, 0.4) is 0 Å². The summed E-state index contributed by atoms with van der Waals surface area (Å²) in [5, 5.41) is 12.5. The number of hydrogen-bond donors (Lipinski definition) is 2. The summed E-state index contributed by atoms with van der Waals surface area (Å²) in [6, 6.07) is 5.75. The van der Waals surface area contributed by atoms with E-state index in [1.807, 2.05) is 12.1 Å². The number of rotatable bonds is 3. The van der Waals surface area contributed by atoms with Gasteiger partial charge in [-0.05, 0) is 60.1 Å².